The number of sulfonamides is 1. The third kappa shape index (κ3) is 3.69. The Morgan fingerprint density at radius 3 is 2.59 bits per heavy atom. The van der Waals surface area contributed by atoms with Gasteiger partial charge in [-0.2, -0.15) is 5.10 Å². The fourth-order valence-corrected chi connectivity index (χ4v) is 5.04. The van der Waals surface area contributed by atoms with E-state index in [0.717, 1.165) is 28.4 Å². The van der Waals surface area contributed by atoms with E-state index in [2.05, 4.69) is 10.1 Å². The first-order valence-electron chi connectivity index (χ1n) is 9.89. The van der Waals surface area contributed by atoms with Crippen LogP contribution in [-0.4, -0.2) is 52.5 Å². The van der Waals surface area contributed by atoms with E-state index in [1.807, 2.05) is 35.9 Å². The van der Waals surface area contributed by atoms with Crippen LogP contribution in [0.15, 0.2) is 24.3 Å². The molecular formula is C20H26FN5O2S. The number of para-hydroxylation sites is 1. The summed E-state index contributed by atoms with van der Waals surface area (Å²) in [6, 6.07) is 7.68. The number of benzene rings is 1. The number of nitrogen functional groups attached to an aromatic ring is 1. The highest BCUT2D eigenvalue weighted by atomic mass is 32.2. The molecule has 1 saturated heterocycles. The monoisotopic (exact) mass is 419 g/mol. The normalized spacial score (nSPS) is 17.9. The Labute approximate surface area is 169 Å². The molecule has 0 unspecified atom stereocenters. The summed E-state index contributed by atoms with van der Waals surface area (Å²) in [5, 5.41) is 6.42. The van der Waals surface area contributed by atoms with Crippen LogP contribution in [0.1, 0.15) is 31.9 Å². The van der Waals surface area contributed by atoms with Crippen LogP contribution in [0.5, 0.6) is 0 Å². The predicted octanol–water partition coefficient (Wildman–Crippen LogP) is 2.88. The van der Waals surface area contributed by atoms with Gasteiger partial charge in [0.05, 0.1) is 17.5 Å². The van der Waals surface area contributed by atoms with Crippen molar-refractivity contribution in [3.63, 3.8) is 0 Å². The fraction of sp³-hybridized carbons (Fsp3) is 0.500. The van der Waals surface area contributed by atoms with Crippen molar-refractivity contribution in [1.29, 1.82) is 0 Å². The van der Waals surface area contributed by atoms with Crippen LogP contribution in [0, 0.1) is 0 Å². The zero-order valence-electron chi connectivity index (χ0n) is 16.7. The minimum atomic E-state index is -3.30. The minimum Gasteiger partial charge on any atom is -0.382 e. The van der Waals surface area contributed by atoms with E-state index in [-0.39, 0.29) is 32.4 Å². The molecule has 4 rings (SSSR count). The highest BCUT2D eigenvalue weighted by molar-refractivity contribution is 7.88. The summed E-state index contributed by atoms with van der Waals surface area (Å²) in [6.07, 6.45) is 2.53. The zero-order chi connectivity index (χ0) is 20.8. The standard InChI is InChI=1S/C20H26FN5O2S/c1-3-10-26-16(13-20(21)8-11-25(12-9-20)29(2,27)28)17-14-6-4-5-7-15(14)23-19(22)18(17)24-26/h4-7H,3,8-13H2,1-2H3,(H2,22,23). The molecule has 0 atom stereocenters. The first-order chi connectivity index (χ1) is 13.7. The lowest BCUT2D eigenvalue weighted by Gasteiger charge is -2.35. The Bertz CT molecular complexity index is 1170. The van der Waals surface area contributed by atoms with Gasteiger partial charge in [-0.25, -0.2) is 22.1 Å². The van der Waals surface area contributed by atoms with Gasteiger partial charge in [0.2, 0.25) is 10.0 Å². The van der Waals surface area contributed by atoms with Crippen molar-refractivity contribution >= 4 is 37.6 Å². The Morgan fingerprint density at radius 2 is 1.93 bits per heavy atom. The van der Waals surface area contributed by atoms with Crippen molar-refractivity contribution < 1.29 is 12.8 Å². The number of piperidine rings is 1. The van der Waals surface area contributed by atoms with Crippen LogP contribution in [-0.2, 0) is 23.0 Å². The van der Waals surface area contributed by atoms with Crippen LogP contribution in [0.2, 0.25) is 0 Å². The number of halogens is 1. The second kappa shape index (κ2) is 7.21. The van der Waals surface area contributed by atoms with Crippen LogP contribution in [0.25, 0.3) is 21.8 Å². The number of hydrogen-bond donors (Lipinski definition) is 1. The molecule has 0 radical (unpaired) electrons. The first kappa shape index (κ1) is 20.0. The molecule has 1 aromatic carbocycles. The van der Waals surface area contributed by atoms with Gasteiger partial charge in [0.1, 0.15) is 11.2 Å². The van der Waals surface area contributed by atoms with Crippen molar-refractivity contribution in [2.24, 2.45) is 0 Å². The number of pyridine rings is 1. The van der Waals surface area contributed by atoms with E-state index in [1.165, 1.54) is 10.6 Å². The maximum atomic E-state index is 15.8. The summed E-state index contributed by atoms with van der Waals surface area (Å²) in [5.41, 5.74) is 6.86. The summed E-state index contributed by atoms with van der Waals surface area (Å²) in [4.78, 5) is 4.45. The minimum absolute atomic E-state index is 0.164. The lowest BCUT2D eigenvalue weighted by Crippen LogP contribution is -2.45. The van der Waals surface area contributed by atoms with Gasteiger partial charge in [-0.3, -0.25) is 4.68 Å². The lowest BCUT2D eigenvalue weighted by atomic mass is 9.88. The summed E-state index contributed by atoms with van der Waals surface area (Å²) in [6.45, 7) is 3.09. The number of hydrogen-bond acceptors (Lipinski definition) is 5. The maximum absolute atomic E-state index is 15.8. The molecule has 1 aliphatic rings. The average molecular weight is 420 g/mol. The van der Waals surface area contributed by atoms with Gasteiger partial charge in [-0.05, 0) is 25.3 Å². The molecule has 0 saturated carbocycles. The number of anilines is 1. The third-order valence-corrected chi connectivity index (χ3v) is 7.02. The van der Waals surface area contributed by atoms with Gasteiger partial charge >= 0.3 is 0 Å². The van der Waals surface area contributed by atoms with Crippen molar-refractivity contribution in [2.75, 3.05) is 25.1 Å². The highest BCUT2D eigenvalue weighted by Crippen LogP contribution is 2.37. The van der Waals surface area contributed by atoms with E-state index in [4.69, 9.17) is 5.73 Å². The number of nitrogens with two attached hydrogens (primary N) is 1. The predicted molar refractivity (Wildman–Crippen MR) is 113 cm³/mol. The molecule has 1 aliphatic heterocycles. The number of fused-ring (bicyclic) bond motifs is 3. The van der Waals surface area contributed by atoms with Gasteiger partial charge in [0.15, 0.2) is 5.82 Å². The van der Waals surface area contributed by atoms with Crippen LogP contribution >= 0.6 is 0 Å². The number of aromatic nitrogens is 3. The third-order valence-electron chi connectivity index (χ3n) is 5.72. The highest BCUT2D eigenvalue weighted by Gasteiger charge is 2.38. The van der Waals surface area contributed by atoms with E-state index in [0.29, 0.717) is 17.9 Å². The second-order valence-electron chi connectivity index (χ2n) is 7.90. The smallest absolute Gasteiger partial charge is 0.211 e. The maximum Gasteiger partial charge on any atom is 0.211 e. The van der Waals surface area contributed by atoms with E-state index in [1.54, 1.807) is 0 Å². The summed E-state index contributed by atoms with van der Waals surface area (Å²) in [7, 11) is -3.30. The SMILES string of the molecule is CCCn1nc2c(N)nc3ccccc3c2c1CC1(F)CCN(S(C)(=O)=O)CC1. The average Bonchev–Trinajstić information content (AvgIpc) is 3.00. The molecule has 156 valence electrons. The largest absolute Gasteiger partial charge is 0.382 e. The van der Waals surface area contributed by atoms with Crippen molar-refractivity contribution in [1.82, 2.24) is 19.1 Å². The molecular weight excluding hydrogens is 393 g/mol. The van der Waals surface area contributed by atoms with Gasteiger partial charge in [-0.1, -0.05) is 25.1 Å². The number of rotatable bonds is 5. The number of nitrogens with zero attached hydrogens (tertiary/aromatic N) is 4. The summed E-state index contributed by atoms with van der Waals surface area (Å²) < 4.78 is 42.6. The molecule has 29 heavy (non-hydrogen) atoms. The molecule has 2 aromatic heterocycles. The van der Waals surface area contributed by atoms with Crippen LogP contribution < -0.4 is 5.73 Å². The Balaban J connectivity index is 1.79. The fourth-order valence-electron chi connectivity index (χ4n) is 4.20. The molecule has 3 aromatic rings. The molecule has 0 bridgehead atoms. The summed E-state index contributed by atoms with van der Waals surface area (Å²) >= 11 is 0. The molecule has 0 amide bonds. The molecule has 0 spiro atoms. The van der Waals surface area contributed by atoms with E-state index >= 15 is 4.39 Å². The van der Waals surface area contributed by atoms with Crippen molar-refractivity contribution in [3.05, 3.63) is 30.0 Å². The number of aryl methyl sites for hydroxylation is 1. The van der Waals surface area contributed by atoms with Crippen molar-refractivity contribution in [2.45, 2.75) is 44.8 Å². The summed E-state index contributed by atoms with van der Waals surface area (Å²) in [5.74, 6) is 0.342. The molecule has 3 heterocycles. The van der Waals surface area contributed by atoms with E-state index < -0.39 is 15.7 Å². The van der Waals surface area contributed by atoms with E-state index in [9.17, 15) is 8.42 Å². The topological polar surface area (TPSA) is 94.1 Å². The lowest BCUT2D eigenvalue weighted by molar-refractivity contribution is 0.0872. The van der Waals surface area contributed by atoms with Gasteiger partial charge in [0.25, 0.3) is 0 Å². The Hall–Kier alpha value is -2.26. The molecule has 2 N–H and O–H groups in total. The zero-order valence-corrected chi connectivity index (χ0v) is 17.5. The Morgan fingerprint density at radius 1 is 1.24 bits per heavy atom. The molecule has 0 aliphatic carbocycles. The van der Waals surface area contributed by atoms with Crippen LogP contribution in [0.3, 0.4) is 0 Å². The van der Waals surface area contributed by atoms with Gasteiger partial charge in [-0.15, -0.1) is 0 Å². The molecule has 7 nitrogen and oxygen atoms in total. The first-order valence-corrected chi connectivity index (χ1v) is 11.7. The Kier molecular flexibility index (Phi) is 4.98. The quantitative estimate of drug-likeness (QED) is 0.686. The molecule has 1 fully saturated rings. The molecule has 9 heteroatoms. The second-order valence-corrected chi connectivity index (χ2v) is 9.88. The van der Waals surface area contributed by atoms with Gasteiger partial charge in [0, 0.05) is 36.8 Å². The van der Waals surface area contributed by atoms with Gasteiger partial charge < -0.3 is 5.73 Å². The van der Waals surface area contributed by atoms with Crippen molar-refractivity contribution in [3.8, 4) is 0 Å². The number of alkyl halides is 1. The van der Waals surface area contributed by atoms with Crippen LogP contribution in [0.4, 0.5) is 10.2 Å².